The second kappa shape index (κ2) is 4.47. The molecule has 0 aromatic carbocycles. The fourth-order valence-electron chi connectivity index (χ4n) is 1.51. The standard InChI is InChI=1S/C10H14N6O2/c1-4-16-6-7(5-11-16)12-8-9(17)14(2)10(18)15(3)13-8/h5-6H,4H2,1-3H3,(H,12,13). The van der Waals surface area contributed by atoms with Gasteiger partial charge in [-0.3, -0.25) is 14.0 Å². The van der Waals surface area contributed by atoms with Crippen LogP contribution >= 0.6 is 0 Å². The SMILES string of the molecule is CCn1cc(Nc2nn(C)c(=O)n(C)c2=O)cn1. The molecule has 0 aliphatic rings. The summed E-state index contributed by atoms with van der Waals surface area (Å²) in [6.45, 7) is 2.70. The molecule has 0 atom stereocenters. The molecule has 96 valence electrons. The molecule has 2 rings (SSSR count). The van der Waals surface area contributed by atoms with E-state index in [-0.39, 0.29) is 5.82 Å². The average molecular weight is 250 g/mol. The molecule has 8 heteroatoms. The highest BCUT2D eigenvalue weighted by Gasteiger charge is 2.09. The lowest BCUT2D eigenvalue weighted by Gasteiger charge is -2.05. The second-order valence-corrected chi connectivity index (χ2v) is 3.83. The number of aryl methyl sites for hydroxylation is 2. The summed E-state index contributed by atoms with van der Waals surface area (Å²) >= 11 is 0. The Balaban J connectivity index is 2.41. The molecule has 2 aromatic heterocycles. The minimum Gasteiger partial charge on any atom is -0.332 e. The fraction of sp³-hybridized carbons (Fsp3) is 0.400. The first kappa shape index (κ1) is 12.1. The van der Waals surface area contributed by atoms with Crippen LogP contribution in [0, 0.1) is 0 Å². The van der Waals surface area contributed by atoms with Crippen LogP contribution in [0.4, 0.5) is 11.5 Å². The van der Waals surface area contributed by atoms with Crippen LogP contribution < -0.4 is 16.6 Å². The molecule has 2 heterocycles. The summed E-state index contributed by atoms with van der Waals surface area (Å²) in [6.07, 6.45) is 3.35. The van der Waals surface area contributed by atoms with E-state index in [1.807, 2.05) is 6.92 Å². The molecule has 0 unspecified atom stereocenters. The van der Waals surface area contributed by atoms with Crippen molar-refractivity contribution in [3.8, 4) is 0 Å². The Morgan fingerprint density at radius 2 is 2.06 bits per heavy atom. The lowest BCUT2D eigenvalue weighted by atomic mass is 10.5. The summed E-state index contributed by atoms with van der Waals surface area (Å²) in [5, 5.41) is 10.8. The lowest BCUT2D eigenvalue weighted by Crippen LogP contribution is -2.39. The van der Waals surface area contributed by atoms with Gasteiger partial charge in [-0.15, -0.1) is 5.10 Å². The smallest absolute Gasteiger partial charge is 0.332 e. The van der Waals surface area contributed by atoms with Gasteiger partial charge < -0.3 is 5.32 Å². The van der Waals surface area contributed by atoms with E-state index in [1.165, 1.54) is 14.1 Å². The van der Waals surface area contributed by atoms with E-state index in [0.717, 1.165) is 15.8 Å². The third-order valence-corrected chi connectivity index (χ3v) is 2.54. The Labute approximate surface area is 102 Å². The predicted molar refractivity (Wildman–Crippen MR) is 65.9 cm³/mol. The van der Waals surface area contributed by atoms with Crippen LogP contribution in [-0.2, 0) is 20.6 Å². The molecular weight excluding hydrogens is 236 g/mol. The van der Waals surface area contributed by atoms with Crippen LogP contribution in [0.25, 0.3) is 0 Å². The van der Waals surface area contributed by atoms with Crippen molar-refractivity contribution in [1.82, 2.24) is 24.1 Å². The monoisotopic (exact) mass is 250 g/mol. The second-order valence-electron chi connectivity index (χ2n) is 3.83. The molecule has 1 N–H and O–H groups in total. The number of anilines is 2. The summed E-state index contributed by atoms with van der Waals surface area (Å²) in [7, 11) is 2.90. The summed E-state index contributed by atoms with van der Waals surface area (Å²) in [6, 6.07) is 0. The number of nitrogens with one attached hydrogen (secondary N) is 1. The molecule has 0 saturated carbocycles. The van der Waals surface area contributed by atoms with Gasteiger partial charge in [-0.25, -0.2) is 9.48 Å². The zero-order valence-corrected chi connectivity index (χ0v) is 10.4. The zero-order chi connectivity index (χ0) is 13.3. The van der Waals surface area contributed by atoms with Gasteiger partial charge in [0, 0.05) is 26.8 Å². The molecule has 0 spiro atoms. The third-order valence-electron chi connectivity index (χ3n) is 2.54. The molecule has 0 saturated heterocycles. The number of hydrogen-bond acceptors (Lipinski definition) is 5. The van der Waals surface area contributed by atoms with Crippen LogP contribution in [0.1, 0.15) is 6.92 Å². The largest absolute Gasteiger partial charge is 0.346 e. The molecule has 0 aliphatic carbocycles. The first-order valence-electron chi connectivity index (χ1n) is 5.46. The number of nitrogens with zero attached hydrogens (tertiary/aromatic N) is 5. The highest BCUT2D eigenvalue weighted by molar-refractivity contribution is 5.52. The highest BCUT2D eigenvalue weighted by atomic mass is 16.2. The van der Waals surface area contributed by atoms with Gasteiger partial charge >= 0.3 is 5.69 Å². The van der Waals surface area contributed by atoms with Crippen molar-refractivity contribution in [2.75, 3.05) is 5.32 Å². The van der Waals surface area contributed by atoms with E-state index >= 15 is 0 Å². The van der Waals surface area contributed by atoms with Gasteiger partial charge in [0.1, 0.15) is 0 Å². The molecule has 0 amide bonds. The fourth-order valence-corrected chi connectivity index (χ4v) is 1.51. The Hall–Kier alpha value is -2.38. The van der Waals surface area contributed by atoms with Crippen molar-refractivity contribution in [1.29, 1.82) is 0 Å². The maximum Gasteiger partial charge on any atom is 0.346 e. The summed E-state index contributed by atoms with van der Waals surface area (Å²) in [4.78, 5) is 23.3. The average Bonchev–Trinajstić information content (AvgIpc) is 2.81. The van der Waals surface area contributed by atoms with Crippen LogP contribution in [0.3, 0.4) is 0 Å². The van der Waals surface area contributed by atoms with E-state index in [9.17, 15) is 9.59 Å². The van der Waals surface area contributed by atoms with Gasteiger partial charge in [0.15, 0.2) is 0 Å². The van der Waals surface area contributed by atoms with Gasteiger partial charge in [-0.2, -0.15) is 5.10 Å². The molecule has 0 aliphatic heterocycles. The number of aromatic nitrogens is 5. The van der Waals surface area contributed by atoms with Crippen molar-refractivity contribution in [3.63, 3.8) is 0 Å². The van der Waals surface area contributed by atoms with E-state index in [4.69, 9.17) is 0 Å². The van der Waals surface area contributed by atoms with Crippen molar-refractivity contribution >= 4 is 11.5 Å². The first-order valence-corrected chi connectivity index (χ1v) is 5.46. The van der Waals surface area contributed by atoms with Crippen molar-refractivity contribution < 1.29 is 0 Å². The maximum absolute atomic E-state index is 11.8. The quantitative estimate of drug-likeness (QED) is 0.789. The molecule has 8 nitrogen and oxygen atoms in total. The molecule has 18 heavy (non-hydrogen) atoms. The Morgan fingerprint density at radius 3 is 2.67 bits per heavy atom. The summed E-state index contributed by atoms with van der Waals surface area (Å²) < 4.78 is 3.82. The molecule has 0 radical (unpaired) electrons. The van der Waals surface area contributed by atoms with Gasteiger partial charge in [0.2, 0.25) is 5.82 Å². The molecule has 2 aromatic rings. The highest BCUT2D eigenvalue weighted by Crippen LogP contribution is 2.08. The Bertz CT molecular complexity index is 680. The van der Waals surface area contributed by atoms with E-state index in [2.05, 4.69) is 15.5 Å². The number of hydrogen-bond donors (Lipinski definition) is 1. The van der Waals surface area contributed by atoms with Crippen LogP contribution in [-0.4, -0.2) is 24.1 Å². The zero-order valence-electron chi connectivity index (χ0n) is 10.4. The summed E-state index contributed by atoms with van der Waals surface area (Å²) in [5.74, 6) is 0.0928. The van der Waals surface area contributed by atoms with Crippen molar-refractivity contribution in [3.05, 3.63) is 33.2 Å². The first-order chi connectivity index (χ1) is 8.52. The van der Waals surface area contributed by atoms with Crippen LogP contribution in [0.2, 0.25) is 0 Å². The van der Waals surface area contributed by atoms with Gasteiger partial charge in [-0.1, -0.05) is 0 Å². The van der Waals surface area contributed by atoms with Gasteiger partial charge in [0.05, 0.1) is 11.9 Å². The Morgan fingerprint density at radius 1 is 1.33 bits per heavy atom. The van der Waals surface area contributed by atoms with Gasteiger partial charge in [-0.05, 0) is 6.92 Å². The normalized spacial score (nSPS) is 10.6. The molecule has 0 fully saturated rings. The topological polar surface area (TPSA) is 86.7 Å². The minimum absolute atomic E-state index is 0.0928. The van der Waals surface area contributed by atoms with E-state index in [0.29, 0.717) is 5.69 Å². The van der Waals surface area contributed by atoms with Crippen LogP contribution in [0.15, 0.2) is 22.0 Å². The predicted octanol–water partition coefficient (Wildman–Crippen LogP) is -0.561. The maximum atomic E-state index is 11.8. The number of rotatable bonds is 3. The van der Waals surface area contributed by atoms with Crippen molar-refractivity contribution in [2.45, 2.75) is 13.5 Å². The minimum atomic E-state index is -0.470. The molecular formula is C10H14N6O2. The van der Waals surface area contributed by atoms with Crippen LogP contribution in [0.5, 0.6) is 0 Å². The van der Waals surface area contributed by atoms with E-state index in [1.54, 1.807) is 17.1 Å². The molecule has 0 bridgehead atoms. The van der Waals surface area contributed by atoms with Crippen molar-refractivity contribution in [2.24, 2.45) is 14.1 Å². The van der Waals surface area contributed by atoms with Gasteiger partial charge in [0.25, 0.3) is 5.56 Å². The lowest BCUT2D eigenvalue weighted by molar-refractivity contribution is 0.606. The van der Waals surface area contributed by atoms with E-state index < -0.39 is 11.2 Å². The third kappa shape index (κ3) is 2.04. The summed E-state index contributed by atoms with van der Waals surface area (Å²) in [5.41, 5.74) is -0.280. The Kier molecular flexibility index (Phi) is 3.00.